The number of rotatable bonds is 4. The van der Waals surface area contributed by atoms with E-state index >= 15 is 0 Å². The molecule has 0 unspecified atom stereocenters. The Kier molecular flexibility index (Phi) is 7.07. The summed E-state index contributed by atoms with van der Waals surface area (Å²) in [5.41, 5.74) is 7.33. The Morgan fingerprint density at radius 2 is 1.21 bits per heavy atom. The van der Waals surface area contributed by atoms with E-state index in [1.807, 2.05) is 78.9 Å². The first kappa shape index (κ1) is 29.6. The minimum absolute atomic E-state index is 0.0129. The van der Waals surface area contributed by atoms with E-state index in [1.165, 1.54) is 28.2 Å². The highest BCUT2D eigenvalue weighted by atomic mass is 32.1. The molecule has 0 fully saturated rings. The molecule has 0 radical (unpaired) electrons. The molecule has 0 amide bonds. The molecule has 4 aromatic heterocycles. The van der Waals surface area contributed by atoms with Crippen molar-refractivity contribution in [1.29, 1.82) is 5.26 Å². The largest absolute Gasteiger partial charge is 0.363 e. The Bertz CT molecular complexity index is 2560. The lowest BCUT2D eigenvalue weighted by atomic mass is 9.86. The topological polar surface area (TPSA) is 85.5 Å². The van der Waals surface area contributed by atoms with E-state index in [0.29, 0.717) is 32.0 Å². The highest BCUT2D eigenvalue weighted by Gasteiger charge is 2.24. The number of hydrogen-bond acceptors (Lipinski definition) is 5. The first-order valence-electron chi connectivity index (χ1n) is 15.5. The smallest absolute Gasteiger partial charge is 0.245 e. The molecule has 0 atom stereocenters. The minimum Gasteiger partial charge on any atom is -0.363 e. The molecule has 0 spiro atoms. The number of nitrogens with zero attached hydrogens (tertiary/aromatic N) is 4. The van der Waals surface area contributed by atoms with Crippen molar-refractivity contribution in [3.8, 4) is 28.6 Å². The number of hydrogen-bond donors (Lipinski definition) is 2. The van der Waals surface area contributed by atoms with Crippen LogP contribution in [-0.4, -0.2) is 19.9 Å². The van der Waals surface area contributed by atoms with Crippen molar-refractivity contribution < 1.29 is 0 Å². The first-order chi connectivity index (χ1) is 23.3. The number of para-hydroxylation sites is 2. The molecule has 8 heteroatoms. The Morgan fingerprint density at radius 3 is 1.79 bits per heavy atom. The molecule has 0 aliphatic rings. The monoisotopic (exact) mass is 656 g/mol. The molecule has 230 valence electrons. The van der Waals surface area contributed by atoms with Crippen LogP contribution in [0.25, 0.3) is 69.8 Å². The number of nitriles is 1. The van der Waals surface area contributed by atoms with Crippen LogP contribution in [0.3, 0.4) is 0 Å². The number of fused-ring (bicyclic) bond motifs is 3. The molecule has 48 heavy (non-hydrogen) atoms. The first-order valence-corrected chi connectivity index (χ1v) is 17.2. The van der Waals surface area contributed by atoms with E-state index in [0.717, 1.165) is 53.7 Å². The van der Waals surface area contributed by atoms with Crippen molar-refractivity contribution in [2.75, 3.05) is 0 Å². The van der Waals surface area contributed by atoms with Gasteiger partial charge in [0.25, 0.3) is 0 Å². The number of H-pyrrole nitrogens is 2. The van der Waals surface area contributed by atoms with Crippen molar-refractivity contribution >= 4 is 65.1 Å². The van der Waals surface area contributed by atoms with Crippen LogP contribution in [0.2, 0.25) is 0 Å². The highest BCUT2D eigenvalue weighted by molar-refractivity contribution is 7.20. The van der Waals surface area contributed by atoms with Crippen molar-refractivity contribution in [2.24, 2.45) is 0 Å². The van der Waals surface area contributed by atoms with Gasteiger partial charge in [-0.15, -0.1) is 22.7 Å². The Hall–Kier alpha value is -5.80. The van der Waals surface area contributed by atoms with Crippen LogP contribution in [0.15, 0.2) is 103 Å². The van der Waals surface area contributed by atoms with Gasteiger partial charge in [0.2, 0.25) is 5.70 Å². The summed E-state index contributed by atoms with van der Waals surface area (Å²) in [7, 11) is 0. The molecular weight excluding hydrogens is 629 g/mol. The zero-order valence-electron chi connectivity index (χ0n) is 26.4. The fourth-order valence-electron chi connectivity index (χ4n) is 6.16. The summed E-state index contributed by atoms with van der Waals surface area (Å²) in [4.78, 5) is 21.3. The van der Waals surface area contributed by atoms with Gasteiger partial charge in [-0.25, -0.2) is 14.8 Å². The average molecular weight is 657 g/mol. The van der Waals surface area contributed by atoms with E-state index < -0.39 is 0 Å². The number of thiazole rings is 2. The molecular formula is C40H28N6S2. The molecule has 0 aliphatic carbocycles. The lowest BCUT2D eigenvalue weighted by Gasteiger charge is -2.19. The standard InChI is InChI=1S/C40H28N6S2/c1-40(2,3)25-20-18-24(19-21-25)34-31-32(36(46-34)37(42-4)39-44-28-15-9-11-17-30(28)48-39)33(23-12-6-5-7-13-23)45-35(31)26(22-41)38-43-27-14-8-10-16-29(27)47-38/h5-21,45-46H,1-3H3/b35-26-,37-36+. The summed E-state index contributed by atoms with van der Waals surface area (Å²) in [5, 5.41) is 15.1. The summed E-state index contributed by atoms with van der Waals surface area (Å²) in [6, 6.07) is 37.0. The van der Waals surface area contributed by atoms with Crippen LogP contribution in [0.4, 0.5) is 0 Å². The lowest BCUT2D eigenvalue weighted by Crippen LogP contribution is -2.11. The van der Waals surface area contributed by atoms with Gasteiger partial charge >= 0.3 is 0 Å². The quantitative estimate of drug-likeness (QED) is 0.185. The van der Waals surface area contributed by atoms with Gasteiger partial charge in [-0.05, 0) is 46.4 Å². The predicted molar refractivity (Wildman–Crippen MR) is 198 cm³/mol. The van der Waals surface area contributed by atoms with Crippen molar-refractivity contribution in [1.82, 2.24) is 19.9 Å². The third kappa shape index (κ3) is 4.91. The molecule has 0 bridgehead atoms. The van der Waals surface area contributed by atoms with Crippen LogP contribution in [-0.2, 0) is 5.41 Å². The van der Waals surface area contributed by atoms with E-state index in [4.69, 9.17) is 16.5 Å². The fraction of sp³-hybridized carbons (Fsp3) is 0.100. The van der Waals surface area contributed by atoms with Gasteiger partial charge in [-0.1, -0.05) is 99.6 Å². The van der Waals surface area contributed by atoms with Crippen LogP contribution < -0.4 is 10.7 Å². The third-order valence-corrected chi connectivity index (χ3v) is 10.7. The predicted octanol–water partition coefficient (Wildman–Crippen LogP) is 9.15. The maximum Gasteiger partial charge on any atom is 0.245 e. The second-order valence-electron chi connectivity index (χ2n) is 12.6. The highest BCUT2D eigenvalue weighted by Crippen LogP contribution is 2.35. The van der Waals surface area contributed by atoms with Gasteiger partial charge in [0.1, 0.15) is 21.7 Å². The molecule has 2 N–H and O–H groups in total. The fourth-order valence-corrected chi connectivity index (χ4v) is 8.09. The molecule has 8 rings (SSSR count). The maximum absolute atomic E-state index is 10.8. The molecule has 0 saturated carbocycles. The lowest BCUT2D eigenvalue weighted by molar-refractivity contribution is 0.590. The van der Waals surface area contributed by atoms with Gasteiger partial charge in [0, 0.05) is 10.8 Å². The molecule has 4 aromatic carbocycles. The Balaban J connectivity index is 1.56. The van der Waals surface area contributed by atoms with Crippen molar-refractivity contribution in [3.05, 3.63) is 141 Å². The summed E-state index contributed by atoms with van der Waals surface area (Å²) in [6.07, 6.45) is 0. The van der Waals surface area contributed by atoms with E-state index in [-0.39, 0.29) is 5.41 Å². The van der Waals surface area contributed by atoms with Crippen molar-refractivity contribution in [2.45, 2.75) is 26.2 Å². The zero-order valence-corrected chi connectivity index (χ0v) is 28.1. The van der Waals surface area contributed by atoms with Crippen LogP contribution in [0.1, 0.15) is 36.3 Å². The number of aromatic nitrogens is 4. The molecule has 4 heterocycles. The summed E-state index contributed by atoms with van der Waals surface area (Å²) < 4.78 is 2.03. The van der Waals surface area contributed by atoms with Crippen LogP contribution in [0, 0.1) is 17.9 Å². The average Bonchev–Trinajstić information content (AvgIpc) is 3.89. The second kappa shape index (κ2) is 11.5. The summed E-state index contributed by atoms with van der Waals surface area (Å²) in [6.45, 7) is 15.0. The van der Waals surface area contributed by atoms with E-state index in [1.54, 1.807) is 0 Å². The molecule has 0 aliphatic heterocycles. The number of aromatic amines is 2. The maximum atomic E-state index is 10.8. The van der Waals surface area contributed by atoms with Gasteiger partial charge in [-0.2, -0.15) is 5.26 Å². The zero-order chi connectivity index (χ0) is 33.0. The van der Waals surface area contributed by atoms with Crippen molar-refractivity contribution in [3.63, 3.8) is 0 Å². The minimum atomic E-state index is -0.0129. The summed E-state index contributed by atoms with van der Waals surface area (Å²) in [5.74, 6) is 0. The second-order valence-corrected chi connectivity index (χ2v) is 14.7. The summed E-state index contributed by atoms with van der Waals surface area (Å²) >= 11 is 3.00. The van der Waals surface area contributed by atoms with E-state index in [2.05, 4.69) is 65.9 Å². The molecule has 8 aromatic rings. The molecule has 0 saturated heterocycles. The van der Waals surface area contributed by atoms with Gasteiger partial charge in [0.05, 0.1) is 49.1 Å². The van der Waals surface area contributed by atoms with Gasteiger partial charge in [-0.3, -0.25) is 0 Å². The normalized spacial score (nSPS) is 13.1. The Morgan fingerprint density at radius 1 is 0.688 bits per heavy atom. The number of nitrogens with one attached hydrogen (secondary N) is 2. The third-order valence-electron chi connectivity index (χ3n) is 8.57. The SMILES string of the molecule is [C-]#[N+]/C(c1nc2ccccc2s1)=c1/[nH]c(-c2ccc(C(C)(C)C)cc2)c2/c(=C(\C#N)c3nc4ccccc4s3)[nH]c(-c3ccccc3)c12. The van der Waals surface area contributed by atoms with Gasteiger partial charge in [0.15, 0.2) is 0 Å². The van der Waals surface area contributed by atoms with Gasteiger partial charge < -0.3 is 9.97 Å². The Labute approximate surface area is 284 Å². The van der Waals surface area contributed by atoms with E-state index in [9.17, 15) is 5.26 Å². The van der Waals surface area contributed by atoms with Crippen LogP contribution in [0.5, 0.6) is 0 Å². The van der Waals surface area contributed by atoms with Crippen LogP contribution >= 0.6 is 22.7 Å². The molecule has 6 nitrogen and oxygen atoms in total. The number of benzene rings is 4.